The predicted molar refractivity (Wildman–Crippen MR) is 79.4 cm³/mol. The molecule has 4 rings (SSSR count). The van der Waals surface area contributed by atoms with Gasteiger partial charge in [0.2, 0.25) is 11.7 Å². The van der Waals surface area contributed by atoms with Crippen LogP contribution in [0.1, 0.15) is 35.5 Å². The number of hydrogen-bond donors (Lipinski definition) is 0. The van der Waals surface area contributed by atoms with Gasteiger partial charge in [0, 0.05) is 18.3 Å². The molecule has 110 valence electrons. The van der Waals surface area contributed by atoms with Gasteiger partial charge in [-0.2, -0.15) is 4.98 Å². The van der Waals surface area contributed by atoms with Gasteiger partial charge in [-0.25, -0.2) is 0 Å². The standard InChI is InChI=1S/C17H15N3O2/c1-2-6-13(7-3-1)21-11-16-19-17(22-20-16)15-9-14(15)12-5-4-8-18-10-12/h1-8,10,14-15H,9,11H2/t14-,15+/m0/s1. The molecule has 2 atom stereocenters. The summed E-state index contributed by atoms with van der Waals surface area (Å²) >= 11 is 0. The van der Waals surface area contributed by atoms with Crippen LogP contribution in [0.2, 0.25) is 0 Å². The van der Waals surface area contributed by atoms with Crippen molar-refractivity contribution in [2.24, 2.45) is 0 Å². The number of ether oxygens (including phenoxy) is 1. The fourth-order valence-electron chi connectivity index (χ4n) is 2.57. The average Bonchev–Trinajstić information content (AvgIpc) is 3.25. The first-order valence-electron chi connectivity index (χ1n) is 7.30. The highest BCUT2D eigenvalue weighted by Gasteiger charge is 2.43. The molecule has 0 spiro atoms. The van der Waals surface area contributed by atoms with Crippen LogP contribution >= 0.6 is 0 Å². The van der Waals surface area contributed by atoms with Crippen LogP contribution in [0.5, 0.6) is 5.75 Å². The summed E-state index contributed by atoms with van der Waals surface area (Å²) in [4.78, 5) is 8.60. The topological polar surface area (TPSA) is 61.0 Å². The third kappa shape index (κ3) is 2.70. The molecular formula is C17H15N3O2. The molecule has 22 heavy (non-hydrogen) atoms. The van der Waals surface area contributed by atoms with Gasteiger partial charge in [-0.3, -0.25) is 4.98 Å². The first-order chi connectivity index (χ1) is 10.9. The number of rotatable bonds is 5. The van der Waals surface area contributed by atoms with E-state index in [2.05, 4.69) is 21.2 Å². The molecule has 1 aliphatic carbocycles. The van der Waals surface area contributed by atoms with E-state index in [1.54, 1.807) is 6.20 Å². The molecule has 0 unspecified atom stereocenters. The molecule has 1 fully saturated rings. The van der Waals surface area contributed by atoms with E-state index in [1.165, 1.54) is 5.56 Å². The number of aromatic nitrogens is 3. The lowest BCUT2D eigenvalue weighted by atomic mass is 10.1. The van der Waals surface area contributed by atoms with Gasteiger partial charge in [-0.1, -0.05) is 29.4 Å². The Bertz CT molecular complexity index is 743. The fraction of sp³-hybridized carbons (Fsp3) is 0.235. The van der Waals surface area contributed by atoms with Crippen LogP contribution in [0.15, 0.2) is 59.4 Å². The number of benzene rings is 1. The van der Waals surface area contributed by atoms with Gasteiger partial charge in [0.1, 0.15) is 5.75 Å². The lowest BCUT2D eigenvalue weighted by Crippen LogP contribution is -1.97. The maximum absolute atomic E-state index is 5.62. The minimum Gasteiger partial charge on any atom is -0.485 e. The number of nitrogens with zero attached hydrogens (tertiary/aromatic N) is 3. The molecule has 0 N–H and O–H groups in total. The predicted octanol–water partition coefficient (Wildman–Crippen LogP) is 3.31. The Morgan fingerprint density at radius 1 is 1.09 bits per heavy atom. The van der Waals surface area contributed by atoms with Gasteiger partial charge < -0.3 is 9.26 Å². The molecule has 0 aliphatic heterocycles. The van der Waals surface area contributed by atoms with Crippen LogP contribution in [-0.2, 0) is 6.61 Å². The quantitative estimate of drug-likeness (QED) is 0.722. The summed E-state index contributed by atoms with van der Waals surface area (Å²) in [5.41, 5.74) is 1.23. The van der Waals surface area contributed by atoms with Crippen molar-refractivity contribution in [3.63, 3.8) is 0 Å². The third-order valence-electron chi connectivity index (χ3n) is 3.82. The molecule has 5 nitrogen and oxygen atoms in total. The lowest BCUT2D eigenvalue weighted by molar-refractivity contribution is 0.285. The second-order valence-corrected chi connectivity index (χ2v) is 5.39. The second-order valence-electron chi connectivity index (χ2n) is 5.39. The summed E-state index contributed by atoms with van der Waals surface area (Å²) in [7, 11) is 0. The number of hydrogen-bond acceptors (Lipinski definition) is 5. The van der Waals surface area contributed by atoms with Crippen molar-refractivity contribution < 1.29 is 9.26 Å². The van der Waals surface area contributed by atoms with Crippen LogP contribution in [0.3, 0.4) is 0 Å². The van der Waals surface area contributed by atoms with Crippen molar-refractivity contribution in [1.29, 1.82) is 0 Å². The summed E-state index contributed by atoms with van der Waals surface area (Å²) in [5.74, 6) is 2.82. The molecule has 0 amide bonds. The maximum Gasteiger partial charge on any atom is 0.230 e. The molecular weight excluding hydrogens is 278 g/mol. The fourth-order valence-corrected chi connectivity index (χ4v) is 2.57. The van der Waals surface area contributed by atoms with E-state index in [9.17, 15) is 0 Å². The van der Waals surface area contributed by atoms with Crippen molar-refractivity contribution in [3.05, 3.63) is 72.1 Å². The van der Waals surface area contributed by atoms with Gasteiger partial charge in [-0.05, 0) is 36.1 Å². The van der Waals surface area contributed by atoms with Crippen molar-refractivity contribution >= 4 is 0 Å². The smallest absolute Gasteiger partial charge is 0.230 e. The van der Waals surface area contributed by atoms with Gasteiger partial charge in [-0.15, -0.1) is 0 Å². The molecule has 3 aromatic rings. The first kappa shape index (κ1) is 13.0. The molecule has 1 aliphatic rings. The zero-order valence-electron chi connectivity index (χ0n) is 11.9. The van der Waals surface area contributed by atoms with E-state index in [1.807, 2.05) is 42.6 Å². The summed E-state index contributed by atoms with van der Waals surface area (Å²) in [6.07, 6.45) is 4.72. The molecule has 2 heterocycles. The van der Waals surface area contributed by atoms with Crippen molar-refractivity contribution in [2.45, 2.75) is 24.9 Å². The molecule has 1 aromatic carbocycles. The molecule has 1 saturated carbocycles. The highest BCUT2D eigenvalue weighted by molar-refractivity contribution is 5.28. The zero-order valence-corrected chi connectivity index (χ0v) is 11.9. The van der Waals surface area contributed by atoms with E-state index in [-0.39, 0.29) is 0 Å². The maximum atomic E-state index is 5.62. The van der Waals surface area contributed by atoms with Crippen LogP contribution in [-0.4, -0.2) is 15.1 Å². The summed E-state index contributed by atoms with van der Waals surface area (Å²) in [5, 5.41) is 3.99. The third-order valence-corrected chi connectivity index (χ3v) is 3.82. The van der Waals surface area contributed by atoms with Gasteiger partial charge in [0.05, 0.1) is 0 Å². The molecule has 5 heteroatoms. The minimum atomic E-state index is 0.308. The second kappa shape index (κ2) is 5.60. The highest BCUT2D eigenvalue weighted by Crippen LogP contribution is 2.53. The van der Waals surface area contributed by atoms with E-state index in [0.717, 1.165) is 12.2 Å². The van der Waals surface area contributed by atoms with Crippen molar-refractivity contribution in [3.8, 4) is 5.75 Å². The number of pyridine rings is 1. The van der Waals surface area contributed by atoms with Crippen LogP contribution in [0.25, 0.3) is 0 Å². The largest absolute Gasteiger partial charge is 0.485 e. The van der Waals surface area contributed by atoms with Gasteiger partial charge >= 0.3 is 0 Å². The summed E-state index contributed by atoms with van der Waals surface area (Å²) < 4.78 is 11.0. The summed E-state index contributed by atoms with van der Waals surface area (Å²) in [6, 6.07) is 13.7. The van der Waals surface area contributed by atoms with Crippen LogP contribution in [0, 0.1) is 0 Å². The van der Waals surface area contributed by atoms with E-state index < -0.39 is 0 Å². The SMILES string of the molecule is c1ccc(OCc2noc([C@@H]3C[C@H]3c3cccnc3)n2)cc1. The molecule has 0 saturated heterocycles. The normalized spacial score (nSPS) is 19.8. The molecule has 0 radical (unpaired) electrons. The van der Waals surface area contributed by atoms with Crippen molar-refractivity contribution in [1.82, 2.24) is 15.1 Å². The zero-order chi connectivity index (χ0) is 14.8. The lowest BCUT2D eigenvalue weighted by Gasteiger charge is -2.01. The Labute approximate surface area is 128 Å². The molecule has 2 aromatic heterocycles. The van der Waals surface area contributed by atoms with Crippen LogP contribution < -0.4 is 4.74 Å². The Hall–Kier alpha value is -2.69. The van der Waals surface area contributed by atoms with Gasteiger partial charge in [0.15, 0.2) is 6.61 Å². The van der Waals surface area contributed by atoms with Gasteiger partial charge in [0.25, 0.3) is 0 Å². The summed E-state index contributed by atoms with van der Waals surface area (Å²) in [6.45, 7) is 0.317. The highest BCUT2D eigenvalue weighted by atomic mass is 16.5. The van der Waals surface area contributed by atoms with E-state index in [4.69, 9.17) is 9.26 Å². The Morgan fingerprint density at radius 3 is 2.82 bits per heavy atom. The van der Waals surface area contributed by atoms with E-state index >= 15 is 0 Å². The Balaban J connectivity index is 1.39. The Kier molecular flexibility index (Phi) is 3.31. The minimum absolute atomic E-state index is 0.308. The van der Waals surface area contributed by atoms with Crippen LogP contribution in [0.4, 0.5) is 0 Å². The average molecular weight is 293 g/mol. The Morgan fingerprint density at radius 2 is 2.00 bits per heavy atom. The monoisotopic (exact) mass is 293 g/mol. The van der Waals surface area contributed by atoms with Crippen molar-refractivity contribution in [2.75, 3.05) is 0 Å². The number of para-hydroxylation sites is 1. The molecule has 0 bridgehead atoms. The van der Waals surface area contributed by atoms with E-state index in [0.29, 0.717) is 30.2 Å². The first-order valence-corrected chi connectivity index (χ1v) is 7.30.